The van der Waals surface area contributed by atoms with E-state index in [2.05, 4.69) is 10.3 Å². The molecule has 1 aromatic heterocycles. The van der Waals surface area contributed by atoms with Gasteiger partial charge in [-0.2, -0.15) is 0 Å². The largest absolute Gasteiger partial charge is 0.356 e. The third-order valence-corrected chi connectivity index (χ3v) is 4.06. The first-order chi connectivity index (χ1) is 9.77. The lowest BCUT2D eigenvalue weighted by Gasteiger charge is -2.14. The second kappa shape index (κ2) is 5.88. The van der Waals surface area contributed by atoms with Crippen LogP contribution in [0.5, 0.6) is 0 Å². The number of sulfonamides is 1. The smallest absolute Gasteiger partial charge is 0.268 e. The van der Waals surface area contributed by atoms with Gasteiger partial charge >= 0.3 is 0 Å². The maximum absolute atomic E-state index is 12.0. The van der Waals surface area contributed by atoms with Crippen molar-refractivity contribution in [1.82, 2.24) is 10.3 Å². The molecule has 1 aromatic carbocycles. The first-order valence-electron chi connectivity index (χ1n) is 6.05. The fourth-order valence-corrected chi connectivity index (χ4v) is 2.55. The summed E-state index contributed by atoms with van der Waals surface area (Å²) < 4.78 is 22.6. The number of carbonyl (C=O) groups is 1. The first-order valence-corrected chi connectivity index (χ1v) is 7.97. The van der Waals surface area contributed by atoms with E-state index in [1.54, 1.807) is 19.1 Å². The van der Waals surface area contributed by atoms with Gasteiger partial charge in [-0.25, -0.2) is 13.6 Å². The van der Waals surface area contributed by atoms with Crippen LogP contribution in [-0.4, -0.2) is 19.3 Å². The number of H-pyrrole nitrogens is 1. The number of rotatable bonds is 4. The van der Waals surface area contributed by atoms with Gasteiger partial charge in [-0.05, 0) is 30.7 Å². The molecule has 0 aliphatic carbocycles. The Kier molecular flexibility index (Phi) is 4.36. The zero-order valence-corrected chi connectivity index (χ0v) is 12.7. The summed E-state index contributed by atoms with van der Waals surface area (Å²) in [5, 5.41) is 8.26. The monoisotopic (exact) mass is 327 g/mol. The highest BCUT2D eigenvalue weighted by atomic mass is 35.5. The molecule has 2 aromatic rings. The van der Waals surface area contributed by atoms with E-state index in [0.29, 0.717) is 16.3 Å². The Balaban J connectivity index is 2.17. The number of aromatic amines is 1. The summed E-state index contributed by atoms with van der Waals surface area (Å²) in [4.78, 5) is 14.7. The van der Waals surface area contributed by atoms with Crippen LogP contribution in [0.15, 0.2) is 41.4 Å². The molecule has 112 valence electrons. The topological polar surface area (TPSA) is 105 Å². The van der Waals surface area contributed by atoms with Crippen LogP contribution in [0, 0.1) is 0 Å². The van der Waals surface area contributed by atoms with Gasteiger partial charge in [-0.1, -0.05) is 23.7 Å². The molecule has 0 bridgehead atoms. The minimum atomic E-state index is -3.77. The van der Waals surface area contributed by atoms with Crippen LogP contribution < -0.4 is 10.5 Å². The Bertz CT molecular complexity index is 770. The van der Waals surface area contributed by atoms with E-state index in [1.165, 1.54) is 24.4 Å². The summed E-state index contributed by atoms with van der Waals surface area (Å²) in [6.07, 6.45) is 1.50. The van der Waals surface area contributed by atoms with Crippen LogP contribution in [0.2, 0.25) is 5.02 Å². The number of hydrogen-bond donors (Lipinski definition) is 3. The number of aromatic nitrogens is 1. The highest BCUT2D eigenvalue weighted by molar-refractivity contribution is 7.89. The summed E-state index contributed by atoms with van der Waals surface area (Å²) in [6, 6.07) is 7.23. The van der Waals surface area contributed by atoms with E-state index < -0.39 is 10.0 Å². The molecule has 0 saturated carbocycles. The van der Waals surface area contributed by atoms with Crippen molar-refractivity contribution in [3.05, 3.63) is 52.8 Å². The molecule has 0 fully saturated rings. The second-order valence-corrected chi connectivity index (χ2v) is 6.54. The molecule has 0 saturated heterocycles. The van der Waals surface area contributed by atoms with Crippen LogP contribution in [-0.2, 0) is 10.0 Å². The predicted molar refractivity (Wildman–Crippen MR) is 79.5 cm³/mol. The molecular formula is C13H14ClN3O3S. The highest BCUT2D eigenvalue weighted by Gasteiger charge is 2.15. The normalized spacial score (nSPS) is 12.9. The number of hydrogen-bond acceptors (Lipinski definition) is 3. The van der Waals surface area contributed by atoms with Gasteiger partial charge in [0.1, 0.15) is 5.69 Å². The minimum Gasteiger partial charge on any atom is -0.356 e. The van der Waals surface area contributed by atoms with Crippen molar-refractivity contribution in [2.45, 2.75) is 17.9 Å². The van der Waals surface area contributed by atoms with Gasteiger partial charge in [0.05, 0.1) is 16.0 Å². The van der Waals surface area contributed by atoms with Crippen LogP contribution in [0.25, 0.3) is 0 Å². The maximum Gasteiger partial charge on any atom is 0.268 e. The van der Waals surface area contributed by atoms with E-state index >= 15 is 0 Å². The highest BCUT2D eigenvalue weighted by Crippen LogP contribution is 2.17. The quantitative estimate of drug-likeness (QED) is 0.797. The van der Waals surface area contributed by atoms with Gasteiger partial charge in [0.25, 0.3) is 5.91 Å². The molecule has 4 N–H and O–H groups in total. The van der Waals surface area contributed by atoms with Crippen LogP contribution >= 0.6 is 11.6 Å². The standard InChI is InChI=1S/C13H14ClN3O3S/c1-8(17-13(18)12-6-10(14)7-16-12)9-3-2-4-11(5-9)21(15,19)20/h2-8,16H,1H3,(H,17,18)(H2,15,19,20)/t8-/m0/s1. The summed E-state index contributed by atoms with van der Waals surface area (Å²) in [5.41, 5.74) is 0.960. The van der Waals surface area contributed by atoms with Gasteiger partial charge in [0.2, 0.25) is 10.0 Å². The number of halogens is 1. The van der Waals surface area contributed by atoms with Crippen molar-refractivity contribution in [3.8, 4) is 0 Å². The molecule has 0 spiro atoms. The lowest BCUT2D eigenvalue weighted by Crippen LogP contribution is -2.27. The zero-order chi connectivity index (χ0) is 15.6. The number of carbonyl (C=O) groups excluding carboxylic acids is 1. The Morgan fingerprint density at radius 2 is 2.10 bits per heavy atom. The van der Waals surface area contributed by atoms with Crippen molar-refractivity contribution in [2.75, 3.05) is 0 Å². The van der Waals surface area contributed by atoms with Gasteiger partial charge in [0, 0.05) is 6.20 Å². The molecular weight excluding hydrogens is 314 g/mol. The van der Waals surface area contributed by atoms with Gasteiger partial charge in [0.15, 0.2) is 0 Å². The molecule has 0 aliphatic heterocycles. The third kappa shape index (κ3) is 3.84. The summed E-state index contributed by atoms with van der Waals surface area (Å²) in [5.74, 6) is -0.338. The lowest BCUT2D eigenvalue weighted by atomic mass is 10.1. The number of nitrogens with two attached hydrogens (primary N) is 1. The average Bonchev–Trinajstić information content (AvgIpc) is 2.84. The van der Waals surface area contributed by atoms with E-state index in [0.717, 1.165) is 0 Å². The summed E-state index contributed by atoms with van der Waals surface area (Å²) in [7, 11) is -3.77. The number of benzene rings is 1. The average molecular weight is 328 g/mol. The Labute approximate surface area is 127 Å². The molecule has 1 heterocycles. The van der Waals surface area contributed by atoms with Gasteiger partial charge < -0.3 is 10.3 Å². The zero-order valence-electron chi connectivity index (χ0n) is 11.1. The van der Waals surface area contributed by atoms with E-state index in [4.69, 9.17) is 16.7 Å². The van der Waals surface area contributed by atoms with Crippen molar-refractivity contribution in [2.24, 2.45) is 5.14 Å². The Hall–Kier alpha value is -1.83. The first kappa shape index (κ1) is 15.6. The molecule has 21 heavy (non-hydrogen) atoms. The Morgan fingerprint density at radius 3 is 2.67 bits per heavy atom. The van der Waals surface area contributed by atoms with Crippen molar-refractivity contribution < 1.29 is 13.2 Å². The minimum absolute atomic E-state index is 0.00372. The van der Waals surface area contributed by atoms with Crippen LogP contribution in [0.4, 0.5) is 0 Å². The van der Waals surface area contributed by atoms with Crippen LogP contribution in [0.3, 0.4) is 0 Å². The Morgan fingerprint density at radius 1 is 1.38 bits per heavy atom. The molecule has 2 rings (SSSR count). The molecule has 1 amide bonds. The lowest BCUT2D eigenvalue weighted by molar-refractivity contribution is 0.0935. The number of primary sulfonamides is 1. The number of nitrogens with one attached hydrogen (secondary N) is 2. The van der Waals surface area contributed by atoms with Crippen LogP contribution in [0.1, 0.15) is 29.0 Å². The van der Waals surface area contributed by atoms with Gasteiger partial charge in [-0.15, -0.1) is 0 Å². The van der Waals surface area contributed by atoms with Crippen molar-refractivity contribution in [1.29, 1.82) is 0 Å². The van der Waals surface area contributed by atoms with E-state index in [9.17, 15) is 13.2 Å². The molecule has 8 heteroatoms. The molecule has 0 aliphatic rings. The molecule has 0 unspecified atom stereocenters. The van der Waals surface area contributed by atoms with Gasteiger partial charge in [-0.3, -0.25) is 4.79 Å². The summed E-state index contributed by atoms with van der Waals surface area (Å²) >= 11 is 5.74. The maximum atomic E-state index is 12.0. The van der Waals surface area contributed by atoms with Crippen molar-refractivity contribution in [3.63, 3.8) is 0 Å². The third-order valence-electron chi connectivity index (χ3n) is 2.93. The predicted octanol–water partition coefficient (Wildman–Crippen LogP) is 1.81. The molecule has 1 atom stereocenters. The van der Waals surface area contributed by atoms with E-state index in [1.807, 2.05) is 0 Å². The fourth-order valence-electron chi connectivity index (χ4n) is 1.82. The van der Waals surface area contributed by atoms with Crippen molar-refractivity contribution >= 4 is 27.5 Å². The molecule has 0 radical (unpaired) electrons. The second-order valence-electron chi connectivity index (χ2n) is 4.54. The fraction of sp³-hybridized carbons (Fsp3) is 0.154. The van der Waals surface area contributed by atoms with E-state index in [-0.39, 0.29) is 16.8 Å². The summed E-state index contributed by atoms with van der Waals surface area (Å²) in [6.45, 7) is 1.74. The number of amides is 1. The molecule has 6 nitrogen and oxygen atoms in total. The SMILES string of the molecule is C[C@H](NC(=O)c1cc(Cl)c[nH]1)c1cccc(S(N)(=O)=O)c1.